The van der Waals surface area contributed by atoms with Crippen molar-refractivity contribution in [3.8, 4) is 11.5 Å². The van der Waals surface area contributed by atoms with Crippen LogP contribution in [0.3, 0.4) is 0 Å². The van der Waals surface area contributed by atoms with E-state index in [1.165, 1.54) is 0 Å². The Balaban J connectivity index is 2.33. The van der Waals surface area contributed by atoms with E-state index in [4.69, 9.17) is 21.9 Å². The Kier molecular flexibility index (Phi) is 3.63. The number of aromatic nitrogens is 3. The zero-order valence-electron chi connectivity index (χ0n) is 10.4. The van der Waals surface area contributed by atoms with Crippen molar-refractivity contribution < 1.29 is 4.52 Å². The van der Waals surface area contributed by atoms with Crippen LogP contribution in [0.2, 0.25) is 5.02 Å². The summed E-state index contributed by atoms with van der Waals surface area (Å²) >= 11 is 5.78. The second-order valence-corrected chi connectivity index (χ2v) is 4.58. The summed E-state index contributed by atoms with van der Waals surface area (Å²) in [5, 5.41) is 4.47. The lowest BCUT2D eigenvalue weighted by molar-refractivity contribution is 0.268. The number of halogens is 1. The first-order valence-corrected chi connectivity index (χ1v) is 6.22. The molecule has 5 nitrogen and oxygen atoms in total. The van der Waals surface area contributed by atoms with Crippen LogP contribution in [0.1, 0.15) is 32.6 Å². The van der Waals surface area contributed by atoms with Gasteiger partial charge in [-0.3, -0.25) is 4.98 Å². The topological polar surface area (TPSA) is 77.8 Å². The first-order valence-electron chi connectivity index (χ1n) is 5.84. The van der Waals surface area contributed by atoms with Crippen LogP contribution in [0.15, 0.2) is 22.9 Å². The van der Waals surface area contributed by atoms with E-state index in [1.807, 2.05) is 13.8 Å². The summed E-state index contributed by atoms with van der Waals surface area (Å²) in [5.74, 6) is 0.873. The quantitative estimate of drug-likeness (QED) is 0.921. The van der Waals surface area contributed by atoms with Gasteiger partial charge in [0.2, 0.25) is 11.7 Å². The fraction of sp³-hybridized carbons (Fsp3) is 0.417. The molecular weight excluding hydrogens is 252 g/mol. The molecule has 2 aromatic heterocycles. The standard InChI is InChI=1S/C12H15ClN4O/c1-3-12(14,4-2)11-16-10(17-18-11)9-6-5-8(13)7-15-9/h5-7H,3-4,14H2,1-2H3. The number of hydrogen-bond acceptors (Lipinski definition) is 5. The SMILES string of the molecule is CCC(N)(CC)c1nc(-c2ccc(Cl)cn2)no1. The molecule has 0 aromatic carbocycles. The molecule has 6 heteroatoms. The number of pyridine rings is 1. The van der Waals surface area contributed by atoms with E-state index in [2.05, 4.69) is 15.1 Å². The maximum atomic E-state index is 6.20. The Labute approximate surface area is 110 Å². The fourth-order valence-electron chi connectivity index (χ4n) is 1.59. The van der Waals surface area contributed by atoms with Crippen molar-refractivity contribution in [3.05, 3.63) is 29.2 Å². The Morgan fingerprint density at radius 1 is 1.33 bits per heavy atom. The number of hydrogen-bond donors (Lipinski definition) is 1. The van der Waals surface area contributed by atoms with E-state index >= 15 is 0 Å². The first kappa shape index (κ1) is 13.0. The van der Waals surface area contributed by atoms with Crippen molar-refractivity contribution in [1.29, 1.82) is 0 Å². The third-order valence-electron chi connectivity index (χ3n) is 3.07. The lowest BCUT2D eigenvalue weighted by atomic mass is 9.94. The van der Waals surface area contributed by atoms with Gasteiger partial charge in [0, 0.05) is 6.20 Å². The van der Waals surface area contributed by atoms with Crippen molar-refractivity contribution in [3.63, 3.8) is 0 Å². The summed E-state index contributed by atoms with van der Waals surface area (Å²) in [6.45, 7) is 3.99. The van der Waals surface area contributed by atoms with Crippen LogP contribution in [0.5, 0.6) is 0 Å². The Bertz CT molecular complexity index is 519. The average Bonchev–Trinajstić information content (AvgIpc) is 2.89. The highest BCUT2D eigenvalue weighted by Crippen LogP contribution is 2.26. The summed E-state index contributed by atoms with van der Waals surface area (Å²) in [6.07, 6.45) is 3.01. The predicted octanol–water partition coefficient (Wildman–Crippen LogP) is 2.76. The van der Waals surface area contributed by atoms with Gasteiger partial charge in [-0.25, -0.2) is 0 Å². The molecule has 18 heavy (non-hydrogen) atoms. The lowest BCUT2D eigenvalue weighted by Crippen LogP contribution is -2.35. The smallest absolute Gasteiger partial charge is 0.247 e. The second kappa shape index (κ2) is 5.04. The van der Waals surface area contributed by atoms with E-state index in [-0.39, 0.29) is 0 Å². The molecular formula is C12H15ClN4O. The molecule has 0 saturated heterocycles. The Morgan fingerprint density at radius 3 is 2.61 bits per heavy atom. The lowest BCUT2D eigenvalue weighted by Gasteiger charge is -2.20. The molecule has 0 aliphatic heterocycles. The highest BCUT2D eigenvalue weighted by atomic mass is 35.5. The van der Waals surface area contributed by atoms with E-state index < -0.39 is 5.54 Å². The largest absolute Gasteiger partial charge is 0.337 e. The molecule has 0 aliphatic rings. The molecule has 2 heterocycles. The molecule has 0 amide bonds. The third-order valence-corrected chi connectivity index (χ3v) is 3.29. The third kappa shape index (κ3) is 2.37. The first-order chi connectivity index (χ1) is 8.59. The number of nitrogens with zero attached hydrogens (tertiary/aromatic N) is 3. The normalized spacial score (nSPS) is 11.8. The molecule has 0 saturated carbocycles. The van der Waals surface area contributed by atoms with Gasteiger partial charge < -0.3 is 10.3 Å². The minimum Gasteiger partial charge on any atom is -0.337 e. The number of rotatable bonds is 4. The molecule has 0 unspecified atom stereocenters. The molecule has 0 spiro atoms. The van der Waals surface area contributed by atoms with Gasteiger partial charge in [0.15, 0.2) is 0 Å². The maximum absolute atomic E-state index is 6.20. The van der Waals surface area contributed by atoms with E-state index in [1.54, 1.807) is 18.3 Å². The van der Waals surface area contributed by atoms with Gasteiger partial charge in [-0.2, -0.15) is 4.98 Å². The van der Waals surface area contributed by atoms with Crippen LogP contribution in [0, 0.1) is 0 Å². The van der Waals surface area contributed by atoms with Crippen LogP contribution in [0.25, 0.3) is 11.5 Å². The minimum atomic E-state index is -0.572. The highest BCUT2D eigenvalue weighted by Gasteiger charge is 2.30. The van der Waals surface area contributed by atoms with Crippen molar-refractivity contribution in [1.82, 2.24) is 15.1 Å². The monoisotopic (exact) mass is 266 g/mol. The molecule has 0 atom stereocenters. The van der Waals surface area contributed by atoms with Crippen LogP contribution >= 0.6 is 11.6 Å². The minimum absolute atomic E-state index is 0.429. The van der Waals surface area contributed by atoms with Gasteiger partial charge in [-0.1, -0.05) is 30.6 Å². The van der Waals surface area contributed by atoms with Gasteiger partial charge in [-0.15, -0.1) is 0 Å². The zero-order valence-corrected chi connectivity index (χ0v) is 11.1. The molecule has 2 rings (SSSR count). The van der Waals surface area contributed by atoms with Crippen molar-refractivity contribution >= 4 is 11.6 Å². The summed E-state index contributed by atoms with van der Waals surface area (Å²) in [6, 6.07) is 3.47. The molecule has 0 radical (unpaired) electrons. The molecule has 0 fully saturated rings. The molecule has 0 aliphatic carbocycles. The molecule has 96 valence electrons. The predicted molar refractivity (Wildman–Crippen MR) is 69.0 cm³/mol. The van der Waals surface area contributed by atoms with Gasteiger partial charge in [0.05, 0.1) is 10.6 Å². The summed E-state index contributed by atoms with van der Waals surface area (Å²) in [4.78, 5) is 8.45. The summed E-state index contributed by atoms with van der Waals surface area (Å²) in [5.41, 5.74) is 6.24. The Hall–Kier alpha value is -1.46. The van der Waals surface area contributed by atoms with E-state index in [0.717, 1.165) is 12.8 Å². The number of nitrogens with two attached hydrogens (primary N) is 1. The van der Waals surface area contributed by atoms with Crippen LogP contribution < -0.4 is 5.73 Å². The molecule has 2 N–H and O–H groups in total. The maximum Gasteiger partial charge on any atom is 0.247 e. The van der Waals surface area contributed by atoms with Crippen molar-refractivity contribution in [2.45, 2.75) is 32.2 Å². The van der Waals surface area contributed by atoms with Gasteiger partial charge in [0.1, 0.15) is 5.69 Å². The van der Waals surface area contributed by atoms with Crippen LogP contribution in [-0.2, 0) is 5.54 Å². The summed E-state index contributed by atoms with van der Waals surface area (Å²) in [7, 11) is 0. The Morgan fingerprint density at radius 2 is 2.06 bits per heavy atom. The molecule has 2 aromatic rings. The second-order valence-electron chi connectivity index (χ2n) is 4.15. The average molecular weight is 267 g/mol. The fourth-order valence-corrected chi connectivity index (χ4v) is 1.70. The van der Waals surface area contributed by atoms with Crippen LogP contribution in [0.4, 0.5) is 0 Å². The summed E-state index contributed by atoms with van der Waals surface area (Å²) < 4.78 is 5.24. The van der Waals surface area contributed by atoms with E-state index in [9.17, 15) is 0 Å². The highest BCUT2D eigenvalue weighted by molar-refractivity contribution is 6.30. The van der Waals surface area contributed by atoms with Crippen molar-refractivity contribution in [2.24, 2.45) is 5.73 Å². The van der Waals surface area contributed by atoms with Crippen molar-refractivity contribution in [2.75, 3.05) is 0 Å². The van der Waals surface area contributed by atoms with Gasteiger partial charge in [0.25, 0.3) is 0 Å². The zero-order chi connectivity index (χ0) is 13.2. The van der Waals surface area contributed by atoms with Gasteiger partial charge >= 0.3 is 0 Å². The molecule has 0 bridgehead atoms. The van der Waals surface area contributed by atoms with E-state index in [0.29, 0.717) is 22.4 Å². The van der Waals surface area contributed by atoms with Gasteiger partial charge in [-0.05, 0) is 25.0 Å². The van der Waals surface area contributed by atoms with Crippen LogP contribution in [-0.4, -0.2) is 15.1 Å².